The molecule has 138 valence electrons. The summed E-state index contributed by atoms with van der Waals surface area (Å²) in [4.78, 5) is 14.7. The average molecular weight is 359 g/mol. The molecular weight excluding hydrogens is 334 g/mol. The fraction of sp³-hybridized carbons (Fsp3) is 0.292. The molecule has 2 aliphatic heterocycles. The Kier molecular flexibility index (Phi) is 5.10. The van der Waals surface area contributed by atoms with Gasteiger partial charge in [-0.2, -0.15) is 0 Å². The van der Waals surface area contributed by atoms with Crippen LogP contribution in [0, 0.1) is 0 Å². The molecule has 3 heteroatoms. The van der Waals surface area contributed by atoms with E-state index in [9.17, 15) is 4.79 Å². The number of ether oxygens (including phenoxy) is 1. The SMILES string of the molecule is C=C(C1=CC2CCCC(C1)N2C(=O)OCc1ccccc1)c1ccccc1. The summed E-state index contributed by atoms with van der Waals surface area (Å²) in [6, 6.07) is 20.4. The van der Waals surface area contributed by atoms with E-state index >= 15 is 0 Å². The Morgan fingerprint density at radius 2 is 1.74 bits per heavy atom. The molecule has 1 amide bonds. The van der Waals surface area contributed by atoms with Crippen LogP contribution in [0.2, 0.25) is 0 Å². The van der Waals surface area contributed by atoms with Gasteiger partial charge in [0.05, 0.1) is 6.04 Å². The number of rotatable bonds is 4. The van der Waals surface area contributed by atoms with Gasteiger partial charge in [-0.25, -0.2) is 4.79 Å². The molecule has 27 heavy (non-hydrogen) atoms. The zero-order valence-electron chi connectivity index (χ0n) is 15.5. The minimum absolute atomic E-state index is 0.108. The van der Waals surface area contributed by atoms with Crippen molar-refractivity contribution in [2.75, 3.05) is 0 Å². The van der Waals surface area contributed by atoms with Crippen molar-refractivity contribution in [2.45, 2.75) is 44.4 Å². The molecule has 0 N–H and O–H groups in total. The fourth-order valence-electron chi connectivity index (χ4n) is 4.16. The lowest BCUT2D eigenvalue weighted by Crippen LogP contribution is -2.51. The van der Waals surface area contributed by atoms with Crippen molar-refractivity contribution >= 4 is 11.7 Å². The first kappa shape index (κ1) is 17.6. The number of nitrogens with zero attached hydrogens (tertiary/aromatic N) is 1. The summed E-state index contributed by atoms with van der Waals surface area (Å²) in [5.74, 6) is 0. The highest BCUT2D eigenvalue weighted by Crippen LogP contribution is 2.38. The summed E-state index contributed by atoms with van der Waals surface area (Å²) in [6.07, 6.45) is 6.05. The molecule has 0 radical (unpaired) electrons. The first-order chi connectivity index (χ1) is 13.2. The Balaban J connectivity index is 1.48. The van der Waals surface area contributed by atoms with Crippen molar-refractivity contribution in [3.05, 3.63) is 90.0 Å². The lowest BCUT2D eigenvalue weighted by Gasteiger charge is -2.44. The van der Waals surface area contributed by atoms with Crippen molar-refractivity contribution < 1.29 is 9.53 Å². The zero-order valence-corrected chi connectivity index (χ0v) is 15.5. The third-order valence-corrected chi connectivity index (χ3v) is 5.56. The van der Waals surface area contributed by atoms with Gasteiger partial charge in [-0.3, -0.25) is 4.90 Å². The van der Waals surface area contributed by atoms with Crippen LogP contribution in [0.1, 0.15) is 36.8 Å². The number of carbonyl (C=O) groups excluding carboxylic acids is 1. The van der Waals surface area contributed by atoms with E-state index < -0.39 is 0 Å². The van der Waals surface area contributed by atoms with Gasteiger partial charge in [-0.15, -0.1) is 0 Å². The minimum atomic E-state index is -0.200. The number of hydrogen-bond acceptors (Lipinski definition) is 2. The largest absolute Gasteiger partial charge is 0.445 e. The zero-order chi connectivity index (χ0) is 18.6. The van der Waals surface area contributed by atoms with Crippen LogP contribution in [-0.2, 0) is 11.3 Å². The third kappa shape index (κ3) is 3.82. The number of benzene rings is 2. The lowest BCUT2D eigenvalue weighted by atomic mass is 9.82. The second-order valence-electron chi connectivity index (χ2n) is 7.34. The van der Waals surface area contributed by atoms with Crippen LogP contribution < -0.4 is 0 Å². The molecule has 4 rings (SSSR count). The standard InChI is InChI=1S/C24H25NO2/c1-18(20-11-6-3-7-12-20)21-15-22-13-8-14-23(16-21)25(22)24(26)27-17-19-9-4-2-5-10-19/h2-7,9-12,15,22-23H,1,8,13-14,16-17H2. The Morgan fingerprint density at radius 3 is 2.44 bits per heavy atom. The molecule has 2 aromatic carbocycles. The summed E-state index contributed by atoms with van der Waals surface area (Å²) < 4.78 is 5.62. The van der Waals surface area contributed by atoms with Crippen LogP contribution in [-0.4, -0.2) is 23.1 Å². The molecule has 1 saturated heterocycles. The van der Waals surface area contributed by atoms with E-state index in [0.29, 0.717) is 6.61 Å². The molecule has 0 saturated carbocycles. The molecule has 2 heterocycles. The summed E-state index contributed by atoms with van der Waals surface area (Å²) in [5.41, 5.74) is 4.51. The van der Waals surface area contributed by atoms with E-state index in [4.69, 9.17) is 4.74 Å². The van der Waals surface area contributed by atoms with Gasteiger partial charge in [-0.05, 0) is 48.0 Å². The van der Waals surface area contributed by atoms with Crippen molar-refractivity contribution in [1.82, 2.24) is 4.90 Å². The monoisotopic (exact) mass is 359 g/mol. The van der Waals surface area contributed by atoms with Crippen LogP contribution >= 0.6 is 0 Å². The van der Waals surface area contributed by atoms with Gasteiger partial charge in [-0.1, -0.05) is 73.3 Å². The predicted octanol–water partition coefficient (Wildman–Crippen LogP) is 5.59. The van der Waals surface area contributed by atoms with Crippen LogP contribution in [0.5, 0.6) is 0 Å². The Hall–Kier alpha value is -2.81. The summed E-state index contributed by atoms with van der Waals surface area (Å²) >= 11 is 0. The molecule has 2 bridgehead atoms. The van der Waals surface area contributed by atoms with Gasteiger partial charge in [0.2, 0.25) is 0 Å². The molecule has 2 atom stereocenters. The summed E-state index contributed by atoms with van der Waals surface area (Å²) in [6.45, 7) is 4.64. The summed E-state index contributed by atoms with van der Waals surface area (Å²) in [7, 11) is 0. The van der Waals surface area contributed by atoms with E-state index in [-0.39, 0.29) is 18.2 Å². The van der Waals surface area contributed by atoms with E-state index in [1.807, 2.05) is 53.4 Å². The quantitative estimate of drug-likeness (QED) is 0.712. The number of allylic oxidation sites excluding steroid dienone is 1. The predicted molar refractivity (Wildman–Crippen MR) is 108 cm³/mol. The normalized spacial score (nSPS) is 21.3. The van der Waals surface area contributed by atoms with E-state index in [0.717, 1.165) is 42.4 Å². The van der Waals surface area contributed by atoms with Gasteiger partial charge in [0.25, 0.3) is 0 Å². The maximum Gasteiger partial charge on any atom is 0.410 e. The molecule has 2 aliphatic rings. The number of piperidine rings is 1. The van der Waals surface area contributed by atoms with Crippen LogP contribution in [0.25, 0.3) is 5.57 Å². The Bertz CT molecular complexity index is 841. The fourth-order valence-corrected chi connectivity index (χ4v) is 4.16. The van der Waals surface area contributed by atoms with Crippen LogP contribution in [0.15, 0.2) is 78.9 Å². The van der Waals surface area contributed by atoms with Crippen molar-refractivity contribution in [1.29, 1.82) is 0 Å². The molecule has 2 unspecified atom stereocenters. The smallest absolute Gasteiger partial charge is 0.410 e. The average Bonchev–Trinajstić information content (AvgIpc) is 2.72. The van der Waals surface area contributed by atoms with E-state index in [1.165, 1.54) is 5.57 Å². The molecule has 2 aromatic rings. The maximum atomic E-state index is 12.8. The first-order valence-electron chi connectivity index (χ1n) is 9.67. The highest BCUT2D eigenvalue weighted by Gasteiger charge is 2.38. The molecule has 3 nitrogen and oxygen atoms in total. The van der Waals surface area contributed by atoms with Gasteiger partial charge < -0.3 is 4.74 Å². The minimum Gasteiger partial charge on any atom is -0.445 e. The Labute approximate surface area is 161 Å². The van der Waals surface area contributed by atoms with E-state index in [2.05, 4.69) is 24.8 Å². The van der Waals surface area contributed by atoms with E-state index in [1.54, 1.807) is 0 Å². The number of amides is 1. The maximum absolute atomic E-state index is 12.8. The molecule has 0 aliphatic carbocycles. The highest BCUT2D eigenvalue weighted by molar-refractivity contribution is 5.79. The topological polar surface area (TPSA) is 29.5 Å². The van der Waals surface area contributed by atoms with Gasteiger partial charge in [0.1, 0.15) is 6.61 Å². The highest BCUT2D eigenvalue weighted by atomic mass is 16.6. The lowest BCUT2D eigenvalue weighted by molar-refractivity contribution is 0.0489. The molecule has 1 fully saturated rings. The van der Waals surface area contributed by atoms with Crippen LogP contribution in [0.4, 0.5) is 4.79 Å². The van der Waals surface area contributed by atoms with Gasteiger partial charge in [0.15, 0.2) is 0 Å². The number of carbonyl (C=O) groups is 1. The molecule has 0 aromatic heterocycles. The second-order valence-corrected chi connectivity index (χ2v) is 7.34. The number of fused-ring (bicyclic) bond motifs is 2. The Morgan fingerprint density at radius 1 is 1.04 bits per heavy atom. The summed E-state index contributed by atoms with van der Waals surface area (Å²) in [5, 5.41) is 0. The van der Waals surface area contributed by atoms with Crippen molar-refractivity contribution in [3.8, 4) is 0 Å². The van der Waals surface area contributed by atoms with Crippen molar-refractivity contribution in [3.63, 3.8) is 0 Å². The van der Waals surface area contributed by atoms with Gasteiger partial charge in [0, 0.05) is 6.04 Å². The number of hydrogen-bond donors (Lipinski definition) is 0. The first-order valence-corrected chi connectivity index (χ1v) is 9.67. The van der Waals surface area contributed by atoms with Crippen LogP contribution in [0.3, 0.4) is 0 Å². The third-order valence-electron chi connectivity index (χ3n) is 5.56. The van der Waals surface area contributed by atoms with Gasteiger partial charge >= 0.3 is 6.09 Å². The molecular formula is C24H25NO2. The van der Waals surface area contributed by atoms with Crippen molar-refractivity contribution in [2.24, 2.45) is 0 Å². The second kappa shape index (κ2) is 7.83. The molecule has 0 spiro atoms.